The van der Waals surface area contributed by atoms with Gasteiger partial charge in [-0.3, -0.25) is 19.3 Å². The summed E-state index contributed by atoms with van der Waals surface area (Å²) in [5.41, 5.74) is 2.54. The highest BCUT2D eigenvalue weighted by Crippen LogP contribution is 2.27. The molecule has 0 saturated heterocycles. The lowest BCUT2D eigenvalue weighted by atomic mass is 9.87. The van der Waals surface area contributed by atoms with Gasteiger partial charge in [0.1, 0.15) is 6.04 Å². The van der Waals surface area contributed by atoms with Crippen molar-refractivity contribution in [2.75, 3.05) is 17.3 Å². The van der Waals surface area contributed by atoms with Crippen molar-refractivity contribution in [2.24, 2.45) is 0 Å². The van der Waals surface area contributed by atoms with Crippen molar-refractivity contribution in [3.05, 3.63) is 65.2 Å². The Morgan fingerprint density at radius 3 is 2.03 bits per heavy atom. The Labute approximate surface area is 175 Å². The van der Waals surface area contributed by atoms with Crippen molar-refractivity contribution in [1.82, 2.24) is 4.90 Å². The fourth-order valence-electron chi connectivity index (χ4n) is 3.38. The molecule has 0 aliphatic carbocycles. The Balaban J connectivity index is 1.83. The number of benzene rings is 2. The van der Waals surface area contributed by atoms with Gasteiger partial charge >= 0.3 is 0 Å². The predicted octanol–water partition coefficient (Wildman–Crippen LogP) is 4.34. The molecule has 2 aromatic rings. The molecule has 0 fully saturated rings. The van der Waals surface area contributed by atoms with Crippen LogP contribution in [-0.2, 0) is 10.2 Å². The molecule has 152 valence electrons. The molecule has 1 heterocycles. The average molecular weight is 411 g/mol. The number of carbonyl (C=O) groups is 3. The predicted molar refractivity (Wildman–Crippen MR) is 118 cm³/mol. The van der Waals surface area contributed by atoms with Crippen molar-refractivity contribution < 1.29 is 14.4 Å². The molecule has 3 amide bonds. The first-order valence-corrected chi connectivity index (χ1v) is 11.0. The molecule has 0 spiro atoms. The Morgan fingerprint density at radius 2 is 1.55 bits per heavy atom. The van der Waals surface area contributed by atoms with Gasteiger partial charge in [0, 0.05) is 5.69 Å². The van der Waals surface area contributed by atoms with Gasteiger partial charge in [0.15, 0.2) is 0 Å². The monoisotopic (exact) mass is 410 g/mol. The lowest BCUT2D eigenvalue weighted by Crippen LogP contribution is -2.47. The largest absolute Gasteiger partial charge is 0.324 e. The number of nitrogens with one attached hydrogen (secondary N) is 1. The van der Waals surface area contributed by atoms with Gasteiger partial charge in [-0.15, -0.1) is 0 Å². The van der Waals surface area contributed by atoms with Crippen LogP contribution in [0.5, 0.6) is 0 Å². The summed E-state index contributed by atoms with van der Waals surface area (Å²) < 4.78 is 0. The van der Waals surface area contributed by atoms with E-state index in [1.165, 1.54) is 0 Å². The fourth-order valence-corrected chi connectivity index (χ4v) is 3.84. The minimum Gasteiger partial charge on any atom is -0.324 e. The maximum atomic E-state index is 13.1. The topological polar surface area (TPSA) is 66.5 Å². The van der Waals surface area contributed by atoms with Crippen molar-refractivity contribution in [1.29, 1.82) is 0 Å². The van der Waals surface area contributed by atoms with Crippen molar-refractivity contribution in [2.45, 2.75) is 38.6 Å². The van der Waals surface area contributed by atoms with Crippen LogP contribution in [0.3, 0.4) is 0 Å². The first-order valence-electron chi connectivity index (χ1n) is 9.61. The number of carbonyl (C=O) groups excluding carboxylic acids is 3. The number of hydrogen-bond acceptors (Lipinski definition) is 4. The molecule has 3 rings (SSSR count). The maximum absolute atomic E-state index is 13.1. The van der Waals surface area contributed by atoms with E-state index in [2.05, 4.69) is 26.1 Å². The highest BCUT2D eigenvalue weighted by Gasteiger charge is 2.42. The molecular weight excluding hydrogens is 384 g/mol. The van der Waals surface area contributed by atoms with E-state index in [1.54, 1.807) is 36.0 Å². The van der Waals surface area contributed by atoms with Crippen LogP contribution in [0.4, 0.5) is 5.69 Å². The van der Waals surface area contributed by atoms with E-state index in [-0.39, 0.29) is 11.3 Å². The smallest absolute Gasteiger partial charge is 0.262 e. The van der Waals surface area contributed by atoms with E-state index < -0.39 is 17.9 Å². The number of rotatable bonds is 6. The Bertz CT molecular complexity index is 897. The van der Waals surface area contributed by atoms with E-state index >= 15 is 0 Å². The molecule has 1 aliphatic rings. The third kappa shape index (κ3) is 4.37. The van der Waals surface area contributed by atoms with Gasteiger partial charge in [-0.2, -0.15) is 11.8 Å². The van der Waals surface area contributed by atoms with Crippen LogP contribution >= 0.6 is 11.8 Å². The number of thioether (sulfide) groups is 1. The third-order valence-corrected chi connectivity index (χ3v) is 5.70. The summed E-state index contributed by atoms with van der Waals surface area (Å²) in [6, 6.07) is 13.5. The number of amides is 3. The van der Waals surface area contributed by atoms with E-state index in [4.69, 9.17) is 0 Å². The Morgan fingerprint density at radius 1 is 1.00 bits per heavy atom. The molecule has 0 unspecified atom stereocenters. The zero-order valence-electron chi connectivity index (χ0n) is 17.2. The summed E-state index contributed by atoms with van der Waals surface area (Å²) in [5, 5.41) is 2.88. The van der Waals surface area contributed by atoms with Crippen molar-refractivity contribution in [3.63, 3.8) is 0 Å². The van der Waals surface area contributed by atoms with Gasteiger partial charge in [0.2, 0.25) is 5.91 Å². The zero-order valence-corrected chi connectivity index (χ0v) is 18.0. The van der Waals surface area contributed by atoms with E-state index in [0.717, 1.165) is 10.5 Å². The first-order chi connectivity index (χ1) is 13.7. The minimum atomic E-state index is -0.850. The Kier molecular flexibility index (Phi) is 6.13. The van der Waals surface area contributed by atoms with Crippen LogP contribution in [0.15, 0.2) is 48.5 Å². The second kappa shape index (κ2) is 8.41. The number of imide groups is 1. The summed E-state index contributed by atoms with van der Waals surface area (Å²) in [7, 11) is 0. The number of nitrogens with zero attached hydrogens (tertiary/aromatic N) is 1. The van der Waals surface area contributed by atoms with E-state index in [0.29, 0.717) is 29.0 Å². The summed E-state index contributed by atoms with van der Waals surface area (Å²) in [4.78, 5) is 39.9. The molecule has 6 heteroatoms. The second-order valence-electron chi connectivity index (χ2n) is 8.14. The summed E-state index contributed by atoms with van der Waals surface area (Å²) in [6.07, 6.45) is 2.33. The van der Waals surface area contributed by atoms with Crippen LogP contribution in [0.2, 0.25) is 0 Å². The molecule has 1 atom stereocenters. The molecule has 5 nitrogen and oxygen atoms in total. The van der Waals surface area contributed by atoms with Crippen LogP contribution in [0.25, 0.3) is 0 Å². The van der Waals surface area contributed by atoms with Crippen LogP contribution in [-0.4, -0.2) is 40.7 Å². The lowest BCUT2D eigenvalue weighted by Gasteiger charge is -2.25. The summed E-state index contributed by atoms with van der Waals surface area (Å²) >= 11 is 1.57. The SMILES string of the molecule is CSCC[C@H](C(=O)Nc1ccc(C(C)(C)C)cc1)N1C(=O)c2ccccc2C1=O. The maximum Gasteiger partial charge on any atom is 0.262 e. The summed E-state index contributed by atoms with van der Waals surface area (Å²) in [5.74, 6) is -0.504. The van der Waals surface area contributed by atoms with Crippen LogP contribution in [0.1, 0.15) is 53.5 Å². The second-order valence-corrected chi connectivity index (χ2v) is 9.13. The minimum absolute atomic E-state index is 0.0174. The molecule has 0 saturated carbocycles. The van der Waals surface area contributed by atoms with Gasteiger partial charge in [-0.25, -0.2) is 0 Å². The number of fused-ring (bicyclic) bond motifs is 1. The number of hydrogen-bond donors (Lipinski definition) is 1. The molecule has 1 aliphatic heterocycles. The summed E-state index contributed by atoms with van der Waals surface area (Å²) in [6.45, 7) is 6.38. The molecule has 0 aromatic heterocycles. The van der Waals surface area contributed by atoms with Gasteiger partial charge in [-0.1, -0.05) is 45.0 Å². The first kappa shape index (κ1) is 21.1. The van der Waals surface area contributed by atoms with Crippen molar-refractivity contribution >= 4 is 35.2 Å². The van der Waals surface area contributed by atoms with Gasteiger partial charge < -0.3 is 5.32 Å². The zero-order chi connectivity index (χ0) is 21.2. The van der Waals surface area contributed by atoms with Gasteiger partial charge in [0.05, 0.1) is 11.1 Å². The molecular formula is C23H26N2O3S. The van der Waals surface area contributed by atoms with Crippen LogP contribution < -0.4 is 5.32 Å². The average Bonchev–Trinajstić information content (AvgIpc) is 2.93. The van der Waals surface area contributed by atoms with E-state index in [1.807, 2.05) is 30.5 Å². The quantitative estimate of drug-likeness (QED) is 0.720. The van der Waals surface area contributed by atoms with Crippen molar-refractivity contribution in [3.8, 4) is 0 Å². The third-order valence-electron chi connectivity index (χ3n) is 5.05. The van der Waals surface area contributed by atoms with Crippen LogP contribution in [0, 0.1) is 0 Å². The molecule has 0 bridgehead atoms. The normalized spacial score (nSPS) is 14.7. The fraction of sp³-hybridized carbons (Fsp3) is 0.348. The standard InChI is InChI=1S/C23H26N2O3S/c1-23(2,3)15-9-11-16(12-10-15)24-20(26)19(13-14-29-4)25-21(27)17-7-5-6-8-18(17)22(25)28/h5-12,19H,13-14H2,1-4H3,(H,24,26)/t19-/m1/s1. The lowest BCUT2D eigenvalue weighted by molar-refractivity contribution is -0.120. The Hall–Kier alpha value is -2.60. The van der Waals surface area contributed by atoms with Gasteiger partial charge in [-0.05, 0) is 53.7 Å². The molecule has 0 radical (unpaired) electrons. The number of anilines is 1. The van der Waals surface area contributed by atoms with E-state index in [9.17, 15) is 14.4 Å². The molecule has 29 heavy (non-hydrogen) atoms. The molecule has 1 N–H and O–H groups in total. The van der Waals surface area contributed by atoms with Gasteiger partial charge in [0.25, 0.3) is 11.8 Å². The highest BCUT2D eigenvalue weighted by molar-refractivity contribution is 7.98. The molecule has 2 aromatic carbocycles. The highest BCUT2D eigenvalue weighted by atomic mass is 32.2.